The number of aromatic nitrogens is 2. The van der Waals surface area contributed by atoms with E-state index in [1.54, 1.807) is 0 Å². The van der Waals surface area contributed by atoms with Crippen molar-refractivity contribution in [1.82, 2.24) is 20.0 Å². The lowest BCUT2D eigenvalue weighted by molar-refractivity contribution is 0.394. The van der Waals surface area contributed by atoms with Gasteiger partial charge in [-0.3, -0.25) is 4.68 Å². The molecule has 4 heteroatoms. The molecule has 0 radical (unpaired) electrons. The summed E-state index contributed by atoms with van der Waals surface area (Å²) in [4.78, 5) is 2.21. The van der Waals surface area contributed by atoms with Crippen molar-refractivity contribution < 1.29 is 0 Å². The number of aryl methyl sites for hydroxylation is 2. The lowest BCUT2D eigenvalue weighted by atomic mass is 10.2. The minimum Gasteiger partial charge on any atom is -0.312 e. The minimum absolute atomic E-state index is 0.924. The number of hydrogen-bond acceptors (Lipinski definition) is 3. The first-order valence-electron chi connectivity index (χ1n) is 5.44. The van der Waals surface area contributed by atoms with Crippen LogP contribution in [-0.2, 0) is 13.6 Å². The molecule has 0 aromatic carbocycles. The van der Waals surface area contributed by atoms with Gasteiger partial charge in [0.15, 0.2) is 0 Å². The summed E-state index contributed by atoms with van der Waals surface area (Å²) in [5.74, 6) is 0. The van der Waals surface area contributed by atoms with Gasteiger partial charge in [0.05, 0.1) is 5.69 Å². The van der Waals surface area contributed by atoms with Crippen LogP contribution in [0.15, 0.2) is 6.20 Å². The van der Waals surface area contributed by atoms with Crippen LogP contribution in [0.2, 0.25) is 0 Å². The van der Waals surface area contributed by atoms with E-state index < -0.39 is 0 Å². The number of nitrogens with zero attached hydrogens (tertiary/aromatic N) is 3. The normalized spacial score (nSPS) is 11.3. The Morgan fingerprint density at radius 2 is 2.20 bits per heavy atom. The summed E-state index contributed by atoms with van der Waals surface area (Å²) < 4.78 is 1.87. The average Bonchev–Trinajstić information content (AvgIpc) is 2.44. The first-order valence-corrected chi connectivity index (χ1v) is 5.44. The van der Waals surface area contributed by atoms with Gasteiger partial charge in [-0.2, -0.15) is 5.10 Å². The van der Waals surface area contributed by atoms with Crippen molar-refractivity contribution >= 4 is 0 Å². The molecular formula is C11H22N4. The molecule has 0 fully saturated rings. The Kier molecular flexibility index (Phi) is 4.78. The fourth-order valence-corrected chi connectivity index (χ4v) is 1.57. The van der Waals surface area contributed by atoms with Crippen molar-refractivity contribution in [3.8, 4) is 0 Å². The zero-order chi connectivity index (χ0) is 11.3. The molecule has 1 rings (SSSR count). The van der Waals surface area contributed by atoms with Gasteiger partial charge >= 0.3 is 0 Å². The van der Waals surface area contributed by atoms with E-state index in [0.29, 0.717) is 0 Å². The predicted molar refractivity (Wildman–Crippen MR) is 62.8 cm³/mol. The number of nitrogens with one attached hydrogen (secondary N) is 1. The molecule has 1 heterocycles. The van der Waals surface area contributed by atoms with E-state index in [1.807, 2.05) is 11.7 Å². The van der Waals surface area contributed by atoms with Crippen molar-refractivity contribution in [2.24, 2.45) is 7.05 Å². The van der Waals surface area contributed by atoms with E-state index in [0.717, 1.165) is 25.3 Å². The van der Waals surface area contributed by atoms with Crippen molar-refractivity contribution in [2.45, 2.75) is 19.9 Å². The van der Waals surface area contributed by atoms with Gasteiger partial charge in [-0.15, -0.1) is 0 Å². The quantitative estimate of drug-likeness (QED) is 0.704. The molecule has 0 saturated heterocycles. The maximum atomic E-state index is 4.31. The summed E-state index contributed by atoms with van der Waals surface area (Å²) in [6, 6.07) is 0. The molecule has 0 aliphatic carbocycles. The topological polar surface area (TPSA) is 33.1 Å². The van der Waals surface area contributed by atoms with E-state index in [2.05, 4.69) is 42.5 Å². The highest BCUT2D eigenvalue weighted by Crippen LogP contribution is 2.03. The zero-order valence-corrected chi connectivity index (χ0v) is 10.2. The predicted octanol–water partition coefficient (Wildman–Crippen LogP) is 0.770. The van der Waals surface area contributed by atoms with Crippen LogP contribution in [0, 0.1) is 6.92 Å². The van der Waals surface area contributed by atoms with Gasteiger partial charge < -0.3 is 10.2 Å². The number of rotatable bonds is 6. The molecule has 86 valence electrons. The average molecular weight is 210 g/mol. The van der Waals surface area contributed by atoms with Crippen molar-refractivity contribution in [1.29, 1.82) is 0 Å². The van der Waals surface area contributed by atoms with Gasteiger partial charge in [0.1, 0.15) is 0 Å². The molecule has 0 atom stereocenters. The fraction of sp³-hybridized carbons (Fsp3) is 0.727. The zero-order valence-electron chi connectivity index (χ0n) is 10.2. The van der Waals surface area contributed by atoms with Crippen molar-refractivity contribution in [2.75, 3.05) is 27.2 Å². The van der Waals surface area contributed by atoms with Crippen LogP contribution in [0.25, 0.3) is 0 Å². The Morgan fingerprint density at radius 1 is 1.47 bits per heavy atom. The van der Waals surface area contributed by atoms with Crippen LogP contribution in [0.5, 0.6) is 0 Å². The van der Waals surface area contributed by atoms with Crippen molar-refractivity contribution in [3.05, 3.63) is 17.5 Å². The van der Waals surface area contributed by atoms with Crippen LogP contribution >= 0.6 is 0 Å². The molecule has 0 unspecified atom stereocenters. The highest BCUT2D eigenvalue weighted by atomic mass is 15.2. The van der Waals surface area contributed by atoms with Crippen LogP contribution in [-0.4, -0.2) is 41.9 Å². The first-order chi connectivity index (χ1) is 7.09. The van der Waals surface area contributed by atoms with Gasteiger partial charge in [-0.1, -0.05) is 0 Å². The Balaban J connectivity index is 2.17. The van der Waals surface area contributed by atoms with Crippen LogP contribution in [0.4, 0.5) is 0 Å². The summed E-state index contributed by atoms with van der Waals surface area (Å²) in [5, 5.41) is 7.74. The minimum atomic E-state index is 0.924. The molecule has 0 saturated carbocycles. The van der Waals surface area contributed by atoms with Gasteiger partial charge in [-0.05, 0) is 40.5 Å². The highest BCUT2D eigenvalue weighted by molar-refractivity contribution is 5.14. The SMILES string of the molecule is Cc1nn(C)cc1CNCCCN(C)C. The summed E-state index contributed by atoms with van der Waals surface area (Å²) in [7, 11) is 6.17. The van der Waals surface area contributed by atoms with E-state index >= 15 is 0 Å². The van der Waals surface area contributed by atoms with Gasteiger partial charge in [0, 0.05) is 25.4 Å². The second-order valence-electron chi connectivity index (χ2n) is 4.25. The molecule has 0 amide bonds. The summed E-state index contributed by atoms with van der Waals surface area (Å²) in [5.41, 5.74) is 2.42. The van der Waals surface area contributed by atoms with Gasteiger partial charge in [-0.25, -0.2) is 0 Å². The fourth-order valence-electron chi connectivity index (χ4n) is 1.57. The Labute approximate surface area is 92.3 Å². The standard InChI is InChI=1S/C11H22N4/c1-10-11(9-15(4)13-10)8-12-6-5-7-14(2)3/h9,12H,5-8H2,1-4H3. The second kappa shape index (κ2) is 5.88. The lowest BCUT2D eigenvalue weighted by Gasteiger charge is -2.09. The second-order valence-corrected chi connectivity index (χ2v) is 4.25. The van der Waals surface area contributed by atoms with Crippen LogP contribution < -0.4 is 5.32 Å². The van der Waals surface area contributed by atoms with Crippen LogP contribution in [0.1, 0.15) is 17.7 Å². The molecule has 0 bridgehead atoms. The molecule has 15 heavy (non-hydrogen) atoms. The molecule has 1 aromatic heterocycles. The van der Waals surface area contributed by atoms with Gasteiger partial charge in [0.2, 0.25) is 0 Å². The molecule has 0 aliphatic rings. The van der Waals surface area contributed by atoms with Crippen molar-refractivity contribution in [3.63, 3.8) is 0 Å². The lowest BCUT2D eigenvalue weighted by Crippen LogP contribution is -2.21. The Morgan fingerprint density at radius 3 is 2.73 bits per heavy atom. The maximum absolute atomic E-state index is 4.31. The third-order valence-corrected chi connectivity index (χ3v) is 2.39. The first kappa shape index (κ1) is 12.2. The summed E-state index contributed by atoms with van der Waals surface area (Å²) >= 11 is 0. The van der Waals surface area contributed by atoms with E-state index in [1.165, 1.54) is 12.0 Å². The molecule has 1 aromatic rings. The third kappa shape index (κ3) is 4.44. The monoisotopic (exact) mass is 210 g/mol. The van der Waals surface area contributed by atoms with Gasteiger partial charge in [0.25, 0.3) is 0 Å². The Hall–Kier alpha value is -0.870. The largest absolute Gasteiger partial charge is 0.312 e. The smallest absolute Gasteiger partial charge is 0.0638 e. The molecule has 0 aliphatic heterocycles. The maximum Gasteiger partial charge on any atom is 0.0638 e. The summed E-state index contributed by atoms with van der Waals surface area (Å²) in [6.07, 6.45) is 3.26. The van der Waals surface area contributed by atoms with Crippen LogP contribution in [0.3, 0.4) is 0 Å². The third-order valence-electron chi connectivity index (χ3n) is 2.39. The van der Waals surface area contributed by atoms with E-state index in [-0.39, 0.29) is 0 Å². The molecule has 4 nitrogen and oxygen atoms in total. The molecule has 0 spiro atoms. The highest BCUT2D eigenvalue weighted by Gasteiger charge is 2.01. The van der Waals surface area contributed by atoms with E-state index in [9.17, 15) is 0 Å². The van der Waals surface area contributed by atoms with E-state index in [4.69, 9.17) is 0 Å². The Bertz CT molecular complexity index is 291. The summed E-state index contributed by atoms with van der Waals surface area (Å²) in [6.45, 7) is 5.18. The number of hydrogen-bond donors (Lipinski definition) is 1. The molecular weight excluding hydrogens is 188 g/mol. The molecule has 1 N–H and O–H groups in total.